The Bertz CT molecular complexity index is 1040. The number of nitrogens with zero attached hydrogens (tertiary/aromatic N) is 2. The molecular formula is C19H15BrN4OS. The average molecular weight is 427 g/mol. The molecule has 0 radical (unpaired) electrons. The normalized spacial score (nSPS) is 14.6. The molecule has 0 aliphatic carbocycles. The first-order valence-electron chi connectivity index (χ1n) is 8.01. The van der Waals surface area contributed by atoms with E-state index >= 15 is 0 Å². The van der Waals surface area contributed by atoms with Crippen molar-refractivity contribution in [2.24, 2.45) is 4.99 Å². The van der Waals surface area contributed by atoms with E-state index in [-0.39, 0.29) is 5.91 Å². The third-order valence-electron chi connectivity index (χ3n) is 4.07. The second-order valence-corrected chi connectivity index (χ2v) is 7.91. The van der Waals surface area contributed by atoms with Crippen molar-refractivity contribution < 1.29 is 4.79 Å². The van der Waals surface area contributed by atoms with Crippen molar-refractivity contribution in [2.45, 2.75) is 23.6 Å². The number of hydrogen-bond donors (Lipinski definition) is 2. The Morgan fingerprint density at radius 3 is 2.73 bits per heavy atom. The Morgan fingerprint density at radius 1 is 1.15 bits per heavy atom. The van der Waals surface area contributed by atoms with Gasteiger partial charge in [-0.1, -0.05) is 39.8 Å². The summed E-state index contributed by atoms with van der Waals surface area (Å²) in [6, 6.07) is 13.5. The van der Waals surface area contributed by atoms with Crippen LogP contribution in [0.1, 0.15) is 17.0 Å². The van der Waals surface area contributed by atoms with E-state index in [2.05, 4.69) is 31.4 Å². The number of amides is 1. The molecule has 2 heterocycles. The highest BCUT2D eigenvalue weighted by Crippen LogP contribution is 2.38. The first kappa shape index (κ1) is 17.1. The van der Waals surface area contributed by atoms with Gasteiger partial charge in [0, 0.05) is 20.6 Å². The molecular weight excluding hydrogens is 412 g/mol. The summed E-state index contributed by atoms with van der Waals surface area (Å²) < 4.78 is 0.910. The fourth-order valence-electron chi connectivity index (χ4n) is 2.79. The molecule has 130 valence electrons. The van der Waals surface area contributed by atoms with Crippen LogP contribution in [0.5, 0.6) is 0 Å². The van der Waals surface area contributed by atoms with Crippen molar-refractivity contribution in [3.8, 4) is 0 Å². The molecule has 1 aromatic heterocycles. The molecule has 3 aromatic rings. The monoisotopic (exact) mass is 426 g/mol. The summed E-state index contributed by atoms with van der Waals surface area (Å²) in [5, 5.41) is 10.1. The number of aromatic amines is 1. The summed E-state index contributed by atoms with van der Waals surface area (Å²) in [6.07, 6.45) is 0. The summed E-state index contributed by atoms with van der Waals surface area (Å²) in [5.74, 6) is -0.187. The Balaban J connectivity index is 1.78. The predicted octanol–water partition coefficient (Wildman–Crippen LogP) is 5.01. The number of rotatable bonds is 3. The molecule has 2 N–H and O–H groups in total. The average Bonchev–Trinajstić information content (AvgIpc) is 3.10. The maximum absolute atomic E-state index is 12.4. The molecule has 1 amide bonds. The van der Waals surface area contributed by atoms with E-state index in [0.717, 1.165) is 42.6 Å². The number of fused-ring (bicyclic) bond motifs is 1. The number of anilines is 1. The number of aromatic nitrogens is 2. The Morgan fingerprint density at radius 2 is 1.96 bits per heavy atom. The van der Waals surface area contributed by atoms with Crippen LogP contribution in [0.4, 0.5) is 11.4 Å². The van der Waals surface area contributed by atoms with Gasteiger partial charge in [-0.3, -0.25) is 9.89 Å². The van der Waals surface area contributed by atoms with Crippen LogP contribution in [0.2, 0.25) is 0 Å². The predicted molar refractivity (Wildman–Crippen MR) is 108 cm³/mol. The lowest BCUT2D eigenvalue weighted by molar-refractivity contribution is -0.110. The fraction of sp³-hybridized carbons (Fsp3) is 0.105. The van der Waals surface area contributed by atoms with Gasteiger partial charge in [-0.2, -0.15) is 5.10 Å². The smallest absolute Gasteiger partial charge is 0.275 e. The number of H-pyrrole nitrogens is 1. The molecule has 4 rings (SSSR count). The standard InChI is InChI=1S/C19H15BrN4OS/c1-10-18(11(2)24-23-10)26-16-6-4-3-5-15(16)21-17-13-9-12(20)7-8-14(13)22-19(17)25/h3-9H,1-2H3,(H,23,24)(H,21,22,25). The zero-order valence-corrected chi connectivity index (χ0v) is 16.5. The van der Waals surface area contributed by atoms with Crippen molar-refractivity contribution in [3.63, 3.8) is 0 Å². The third kappa shape index (κ3) is 3.08. The number of carbonyl (C=O) groups is 1. The molecule has 1 aliphatic rings. The van der Waals surface area contributed by atoms with Gasteiger partial charge in [-0.25, -0.2) is 4.99 Å². The van der Waals surface area contributed by atoms with Crippen LogP contribution < -0.4 is 5.32 Å². The van der Waals surface area contributed by atoms with Gasteiger partial charge < -0.3 is 5.32 Å². The molecule has 0 saturated heterocycles. The highest BCUT2D eigenvalue weighted by molar-refractivity contribution is 9.10. The van der Waals surface area contributed by atoms with Crippen LogP contribution in [0.15, 0.2) is 61.7 Å². The summed E-state index contributed by atoms with van der Waals surface area (Å²) >= 11 is 5.06. The van der Waals surface area contributed by atoms with E-state index in [4.69, 9.17) is 4.99 Å². The van der Waals surface area contributed by atoms with E-state index in [0.29, 0.717) is 5.71 Å². The van der Waals surface area contributed by atoms with Gasteiger partial charge in [0.15, 0.2) is 0 Å². The van der Waals surface area contributed by atoms with Crippen LogP contribution >= 0.6 is 27.7 Å². The molecule has 0 bridgehead atoms. The van der Waals surface area contributed by atoms with E-state index in [9.17, 15) is 4.79 Å². The number of halogens is 1. The molecule has 7 heteroatoms. The van der Waals surface area contributed by atoms with E-state index in [1.54, 1.807) is 11.8 Å². The fourth-order valence-corrected chi connectivity index (χ4v) is 4.13. The maximum Gasteiger partial charge on any atom is 0.275 e. The van der Waals surface area contributed by atoms with Gasteiger partial charge in [0.2, 0.25) is 0 Å². The van der Waals surface area contributed by atoms with E-state index in [1.165, 1.54) is 0 Å². The Hall–Kier alpha value is -2.38. The van der Waals surface area contributed by atoms with Crippen LogP contribution in [-0.2, 0) is 4.79 Å². The molecule has 5 nitrogen and oxygen atoms in total. The minimum atomic E-state index is -0.187. The highest BCUT2D eigenvalue weighted by atomic mass is 79.9. The van der Waals surface area contributed by atoms with Gasteiger partial charge in [-0.05, 0) is 44.2 Å². The molecule has 0 saturated carbocycles. The second kappa shape index (κ2) is 6.74. The highest BCUT2D eigenvalue weighted by Gasteiger charge is 2.26. The van der Waals surface area contributed by atoms with Crippen LogP contribution in [-0.4, -0.2) is 21.8 Å². The minimum absolute atomic E-state index is 0.187. The van der Waals surface area contributed by atoms with Crippen molar-refractivity contribution in [1.29, 1.82) is 0 Å². The van der Waals surface area contributed by atoms with Crippen molar-refractivity contribution >= 4 is 50.7 Å². The molecule has 0 unspecified atom stereocenters. The third-order valence-corrected chi connectivity index (χ3v) is 5.93. The number of para-hydroxylation sites is 1. The molecule has 0 fully saturated rings. The lowest BCUT2D eigenvalue weighted by atomic mass is 10.1. The Labute approximate surface area is 163 Å². The molecule has 0 spiro atoms. The number of carbonyl (C=O) groups excluding carboxylic acids is 1. The zero-order chi connectivity index (χ0) is 18.3. The molecule has 2 aromatic carbocycles. The maximum atomic E-state index is 12.4. The van der Waals surface area contributed by atoms with Gasteiger partial charge in [0.25, 0.3) is 5.91 Å². The number of nitrogens with one attached hydrogen (secondary N) is 2. The van der Waals surface area contributed by atoms with E-state index < -0.39 is 0 Å². The second-order valence-electron chi connectivity index (χ2n) is 5.94. The SMILES string of the molecule is Cc1n[nH]c(C)c1Sc1ccccc1N=C1C(=O)Nc2ccc(Br)cc21. The zero-order valence-electron chi connectivity index (χ0n) is 14.1. The summed E-state index contributed by atoms with van der Waals surface area (Å²) in [7, 11) is 0. The molecule has 26 heavy (non-hydrogen) atoms. The number of hydrogen-bond acceptors (Lipinski definition) is 4. The first-order chi connectivity index (χ1) is 12.5. The van der Waals surface area contributed by atoms with Gasteiger partial charge >= 0.3 is 0 Å². The van der Waals surface area contributed by atoms with E-state index in [1.807, 2.05) is 56.3 Å². The quantitative estimate of drug-likeness (QED) is 0.617. The molecule has 1 aliphatic heterocycles. The lowest BCUT2D eigenvalue weighted by Crippen LogP contribution is -2.13. The van der Waals surface area contributed by atoms with Gasteiger partial charge in [-0.15, -0.1) is 0 Å². The number of aryl methyl sites for hydroxylation is 2. The van der Waals surface area contributed by atoms with Gasteiger partial charge in [0.1, 0.15) is 5.71 Å². The van der Waals surface area contributed by atoms with Crippen LogP contribution in [0.3, 0.4) is 0 Å². The van der Waals surface area contributed by atoms with Crippen molar-refractivity contribution in [1.82, 2.24) is 10.2 Å². The van der Waals surface area contributed by atoms with Crippen LogP contribution in [0.25, 0.3) is 0 Å². The van der Waals surface area contributed by atoms with Crippen molar-refractivity contribution in [2.75, 3.05) is 5.32 Å². The summed E-state index contributed by atoms with van der Waals surface area (Å²) in [5.41, 5.74) is 4.74. The summed E-state index contributed by atoms with van der Waals surface area (Å²) in [6.45, 7) is 3.97. The lowest BCUT2D eigenvalue weighted by Gasteiger charge is -2.06. The first-order valence-corrected chi connectivity index (χ1v) is 9.62. The van der Waals surface area contributed by atoms with Crippen molar-refractivity contribution in [3.05, 3.63) is 63.9 Å². The topological polar surface area (TPSA) is 70.1 Å². The summed E-state index contributed by atoms with van der Waals surface area (Å²) in [4.78, 5) is 19.2. The minimum Gasteiger partial charge on any atom is -0.320 e. The van der Waals surface area contributed by atoms with Gasteiger partial charge in [0.05, 0.1) is 22.0 Å². The van der Waals surface area contributed by atoms with Crippen LogP contribution in [0, 0.1) is 13.8 Å². The number of benzene rings is 2. The largest absolute Gasteiger partial charge is 0.320 e. The number of aliphatic imine (C=N–C) groups is 1. The Kier molecular flexibility index (Phi) is 4.42. The molecule has 0 atom stereocenters.